The molecule has 1 saturated heterocycles. The number of rotatable bonds is 3. The van der Waals surface area contributed by atoms with E-state index in [1.807, 2.05) is 11.8 Å². The highest BCUT2D eigenvalue weighted by Gasteiger charge is 2.22. The highest BCUT2D eigenvalue weighted by Crippen LogP contribution is 2.22. The summed E-state index contributed by atoms with van der Waals surface area (Å²) in [4.78, 5) is 0. The van der Waals surface area contributed by atoms with Crippen molar-refractivity contribution < 1.29 is 0 Å². The van der Waals surface area contributed by atoms with E-state index in [2.05, 4.69) is 18.3 Å². The van der Waals surface area contributed by atoms with Crippen LogP contribution in [0, 0.1) is 11.3 Å². The van der Waals surface area contributed by atoms with E-state index >= 15 is 0 Å². The molecule has 2 atom stereocenters. The normalized spacial score (nSPS) is 30.2. The van der Waals surface area contributed by atoms with Crippen LogP contribution in [-0.4, -0.2) is 17.2 Å². The molecule has 2 nitrogen and oxygen atoms in total. The third-order valence-corrected chi connectivity index (χ3v) is 3.13. The molecule has 0 aromatic carbocycles. The molecule has 0 aromatic heterocycles. The van der Waals surface area contributed by atoms with Crippen LogP contribution in [0.15, 0.2) is 0 Å². The summed E-state index contributed by atoms with van der Waals surface area (Å²) in [6.07, 6.45) is 3.72. The van der Waals surface area contributed by atoms with E-state index in [4.69, 9.17) is 5.26 Å². The van der Waals surface area contributed by atoms with Crippen LogP contribution in [0.1, 0.15) is 26.2 Å². The minimum absolute atomic E-state index is 0.0989. The molecule has 0 amide bonds. The number of thioether (sulfide) groups is 1. The topological polar surface area (TPSA) is 35.8 Å². The molecule has 1 aliphatic heterocycles. The van der Waals surface area contributed by atoms with Crippen molar-refractivity contribution in [2.45, 2.75) is 37.6 Å². The van der Waals surface area contributed by atoms with Gasteiger partial charge in [0.05, 0.1) is 11.4 Å². The maximum absolute atomic E-state index is 8.58. The Labute approximate surface area is 72.4 Å². The minimum atomic E-state index is 0.0989. The van der Waals surface area contributed by atoms with E-state index in [9.17, 15) is 0 Å². The highest BCUT2D eigenvalue weighted by molar-refractivity contribution is 8.00. The summed E-state index contributed by atoms with van der Waals surface area (Å²) < 4.78 is 0. The number of nitrogens with zero attached hydrogens (tertiary/aromatic N) is 1. The molecule has 2 unspecified atom stereocenters. The monoisotopic (exact) mass is 170 g/mol. The molecule has 0 bridgehead atoms. The highest BCUT2D eigenvalue weighted by atomic mass is 32.2. The minimum Gasteiger partial charge on any atom is -0.289 e. The molecule has 1 fully saturated rings. The van der Waals surface area contributed by atoms with E-state index in [0.29, 0.717) is 5.37 Å². The Bertz CT molecular complexity index is 153. The average molecular weight is 170 g/mol. The number of unbranched alkanes of at least 4 members (excludes halogenated alkanes) is 1. The summed E-state index contributed by atoms with van der Waals surface area (Å²) in [6, 6.07) is 2.34. The van der Waals surface area contributed by atoms with Gasteiger partial charge in [-0.1, -0.05) is 19.8 Å². The van der Waals surface area contributed by atoms with E-state index < -0.39 is 0 Å². The second kappa shape index (κ2) is 4.63. The molecule has 3 heteroatoms. The Balaban J connectivity index is 2.15. The lowest BCUT2D eigenvalue weighted by molar-refractivity contribution is 0.584. The van der Waals surface area contributed by atoms with Gasteiger partial charge in [0.25, 0.3) is 0 Å². The lowest BCUT2D eigenvalue weighted by atomic mass is 10.2. The van der Waals surface area contributed by atoms with Crippen molar-refractivity contribution in [1.82, 2.24) is 5.32 Å². The summed E-state index contributed by atoms with van der Waals surface area (Å²) >= 11 is 1.88. The van der Waals surface area contributed by atoms with E-state index in [1.54, 1.807) is 0 Å². The Morgan fingerprint density at radius 2 is 2.55 bits per heavy atom. The summed E-state index contributed by atoms with van der Waals surface area (Å²) in [5.41, 5.74) is 0. The zero-order chi connectivity index (χ0) is 8.10. The number of nitrogens with one attached hydrogen (secondary N) is 1. The molecule has 11 heavy (non-hydrogen) atoms. The first-order valence-electron chi connectivity index (χ1n) is 4.14. The predicted octanol–water partition coefficient (Wildman–Crippen LogP) is 1.73. The number of hydrogen-bond donors (Lipinski definition) is 1. The first kappa shape index (κ1) is 8.89. The number of nitriles is 1. The maximum Gasteiger partial charge on any atom is 0.105 e. The zero-order valence-electron chi connectivity index (χ0n) is 6.84. The van der Waals surface area contributed by atoms with Gasteiger partial charge < -0.3 is 0 Å². The van der Waals surface area contributed by atoms with Crippen molar-refractivity contribution in [2.24, 2.45) is 0 Å². The Morgan fingerprint density at radius 1 is 1.73 bits per heavy atom. The molecule has 1 heterocycles. The van der Waals surface area contributed by atoms with Crippen molar-refractivity contribution in [2.75, 3.05) is 5.75 Å². The van der Waals surface area contributed by atoms with Crippen LogP contribution in [0.3, 0.4) is 0 Å². The van der Waals surface area contributed by atoms with Gasteiger partial charge in [-0.05, 0) is 6.42 Å². The van der Waals surface area contributed by atoms with Crippen LogP contribution >= 0.6 is 11.8 Å². The summed E-state index contributed by atoms with van der Waals surface area (Å²) in [5, 5.41) is 12.4. The lowest BCUT2D eigenvalue weighted by Crippen LogP contribution is -2.28. The quantitative estimate of drug-likeness (QED) is 0.700. The van der Waals surface area contributed by atoms with Gasteiger partial charge in [-0.15, -0.1) is 11.8 Å². The maximum atomic E-state index is 8.58. The van der Waals surface area contributed by atoms with Crippen LogP contribution < -0.4 is 5.32 Å². The SMILES string of the molecule is CCCCC1NC(C#N)CS1. The lowest BCUT2D eigenvalue weighted by Gasteiger charge is -2.07. The van der Waals surface area contributed by atoms with Crippen molar-refractivity contribution in [1.29, 1.82) is 5.26 Å². The standard InChI is InChI=1S/C8H14N2S/c1-2-3-4-8-10-7(5-9)6-11-8/h7-8,10H,2-4,6H2,1H3. The summed E-state index contributed by atoms with van der Waals surface area (Å²) in [6.45, 7) is 2.20. The van der Waals surface area contributed by atoms with Gasteiger partial charge in [-0.3, -0.25) is 5.32 Å². The molecule has 0 saturated carbocycles. The predicted molar refractivity (Wildman–Crippen MR) is 48.3 cm³/mol. The third kappa shape index (κ3) is 2.72. The van der Waals surface area contributed by atoms with Gasteiger partial charge in [0.2, 0.25) is 0 Å². The Morgan fingerprint density at radius 3 is 3.09 bits per heavy atom. The molecule has 0 spiro atoms. The zero-order valence-corrected chi connectivity index (χ0v) is 7.66. The van der Waals surface area contributed by atoms with Crippen molar-refractivity contribution in [3.63, 3.8) is 0 Å². The van der Waals surface area contributed by atoms with E-state index in [1.165, 1.54) is 19.3 Å². The summed E-state index contributed by atoms with van der Waals surface area (Å²) in [5.74, 6) is 0.963. The number of hydrogen-bond acceptors (Lipinski definition) is 3. The van der Waals surface area contributed by atoms with Gasteiger partial charge in [0.1, 0.15) is 6.04 Å². The van der Waals surface area contributed by atoms with Crippen molar-refractivity contribution in [3.05, 3.63) is 0 Å². The second-order valence-corrected chi connectivity index (χ2v) is 4.05. The molecular formula is C8H14N2S. The molecule has 1 rings (SSSR count). The molecule has 62 valence electrons. The second-order valence-electron chi connectivity index (χ2n) is 2.81. The van der Waals surface area contributed by atoms with Crippen LogP contribution in [0.25, 0.3) is 0 Å². The molecule has 0 aromatic rings. The fraction of sp³-hybridized carbons (Fsp3) is 0.875. The van der Waals surface area contributed by atoms with E-state index in [-0.39, 0.29) is 6.04 Å². The van der Waals surface area contributed by atoms with Crippen molar-refractivity contribution in [3.8, 4) is 6.07 Å². The fourth-order valence-corrected chi connectivity index (χ4v) is 2.35. The molecule has 0 radical (unpaired) electrons. The molecule has 0 aliphatic carbocycles. The molecular weight excluding hydrogens is 156 g/mol. The van der Waals surface area contributed by atoms with E-state index in [0.717, 1.165) is 5.75 Å². The van der Waals surface area contributed by atoms with Crippen LogP contribution in [0.2, 0.25) is 0 Å². The molecule has 1 aliphatic rings. The summed E-state index contributed by atoms with van der Waals surface area (Å²) in [7, 11) is 0. The van der Waals surface area contributed by atoms with Gasteiger partial charge in [-0.2, -0.15) is 5.26 Å². The third-order valence-electron chi connectivity index (χ3n) is 1.83. The van der Waals surface area contributed by atoms with Crippen LogP contribution in [0.4, 0.5) is 0 Å². The first-order valence-corrected chi connectivity index (χ1v) is 5.19. The smallest absolute Gasteiger partial charge is 0.105 e. The van der Waals surface area contributed by atoms with Crippen LogP contribution in [0.5, 0.6) is 0 Å². The largest absolute Gasteiger partial charge is 0.289 e. The van der Waals surface area contributed by atoms with Crippen molar-refractivity contribution >= 4 is 11.8 Å². The average Bonchev–Trinajstić information content (AvgIpc) is 2.48. The van der Waals surface area contributed by atoms with Gasteiger partial charge in [-0.25, -0.2) is 0 Å². The van der Waals surface area contributed by atoms with Gasteiger partial charge in [0.15, 0.2) is 0 Å². The first-order chi connectivity index (χ1) is 5.36. The van der Waals surface area contributed by atoms with Crippen LogP contribution in [-0.2, 0) is 0 Å². The van der Waals surface area contributed by atoms with Gasteiger partial charge in [0, 0.05) is 5.75 Å². The Kier molecular flexibility index (Phi) is 3.74. The van der Waals surface area contributed by atoms with Gasteiger partial charge >= 0.3 is 0 Å². The Hall–Kier alpha value is -0.200. The fourth-order valence-electron chi connectivity index (χ4n) is 1.16. The molecule has 1 N–H and O–H groups in total.